The summed E-state index contributed by atoms with van der Waals surface area (Å²) in [4.78, 5) is 13.8. The summed E-state index contributed by atoms with van der Waals surface area (Å²) in [5.74, 6) is 1.10. The maximum atomic E-state index is 13.4. The Morgan fingerprint density at radius 2 is 1.61 bits per heavy atom. The average Bonchev–Trinajstić information content (AvgIpc) is 2.68. The molecule has 5 nitrogen and oxygen atoms in total. The highest BCUT2D eigenvalue weighted by Crippen LogP contribution is 2.22. The first-order valence-corrected chi connectivity index (χ1v) is 9.52. The van der Waals surface area contributed by atoms with Crippen LogP contribution in [0.2, 0.25) is 0 Å². The Bertz CT molecular complexity index is 967. The standard InChI is InChI=1S/C22H24FN5/c1-16-5-3-8-20(13-16)27-9-11-28(12-10-27)21-14-17(2)24-22(26-21)25-19-7-4-6-18(23)15-19/h3-8,13-15H,9-12H2,1-2H3,(H,24,25,26). The second-order valence-corrected chi connectivity index (χ2v) is 7.14. The lowest BCUT2D eigenvalue weighted by Crippen LogP contribution is -2.47. The van der Waals surface area contributed by atoms with Gasteiger partial charge in [0.25, 0.3) is 0 Å². The molecule has 0 radical (unpaired) electrons. The van der Waals surface area contributed by atoms with E-state index in [0.29, 0.717) is 11.6 Å². The van der Waals surface area contributed by atoms with E-state index >= 15 is 0 Å². The van der Waals surface area contributed by atoms with E-state index in [9.17, 15) is 4.39 Å². The molecule has 1 saturated heterocycles. The molecular formula is C22H24FN5. The topological polar surface area (TPSA) is 44.3 Å². The minimum Gasteiger partial charge on any atom is -0.368 e. The summed E-state index contributed by atoms with van der Waals surface area (Å²) >= 11 is 0. The number of hydrogen-bond donors (Lipinski definition) is 1. The number of rotatable bonds is 4. The maximum absolute atomic E-state index is 13.4. The Morgan fingerprint density at radius 3 is 2.36 bits per heavy atom. The van der Waals surface area contributed by atoms with Crippen molar-refractivity contribution in [3.05, 3.63) is 71.7 Å². The van der Waals surface area contributed by atoms with Gasteiger partial charge in [-0.1, -0.05) is 18.2 Å². The van der Waals surface area contributed by atoms with Gasteiger partial charge in [-0.2, -0.15) is 4.98 Å². The number of aryl methyl sites for hydroxylation is 2. The molecule has 1 aliphatic heterocycles. The molecule has 0 unspecified atom stereocenters. The van der Waals surface area contributed by atoms with Crippen LogP contribution in [0.1, 0.15) is 11.3 Å². The quantitative estimate of drug-likeness (QED) is 0.734. The molecule has 0 saturated carbocycles. The molecule has 144 valence electrons. The third-order valence-corrected chi connectivity index (χ3v) is 4.89. The molecule has 3 aromatic rings. The molecule has 1 aromatic heterocycles. The Kier molecular flexibility index (Phi) is 5.10. The van der Waals surface area contributed by atoms with E-state index in [1.807, 2.05) is 13.0 Å². The van der Waals surface area contributed by atoms with Crippen molar-refractivity contribution in [2.45, 2.75) is 13.8 Å². The molecular weight excluding hydrogens is 353 g/mol. The molecule has 0 aliphatic carbocycles. The summed E-state index contributed by atoms with van der Waals surface area (Å²) < 4.78 is 13.4. The fourth-order valence-corrected chi connectivity index (χ4v) is 3.48. The van der Waals surface area contributed by atoms with Crippen LogP contribution in [-0.2, 0) is 0 Å². The minimum atomic E-state index is -0.287. The molecule has 6 heteroatoms. The van der Waals surface area contributed by atoms with Gasteiger partial charge in [-0.25, -0.2) is 9.37 Å². The van der Waals surface area contributed by atoms with E-state index < -0.39 is 0 Å². The van der Waals surface area contributed by atoms with Gasteiger partial charge in [-0.15, -0.1) is 0 Å². The largest absolute Gasteiger partial charge is 0.368 e. The third kappa shape index (κ3) is 4.22. The zero-order chi connectivity index (χ0) is 19.5. The Balaban J connectivity index is 1.47. The lowest BCUT2D eigenvalue weighted by Gasteiger charge is -2.37. The van der Waals surface area contributed by atoms with Crippen LogP contribution in [-0.4, -0.2) is 36.1 Å². The second-order valence-electron chi connectivity index (χ2n) is 7.14. The molecule has 28 heavy (non-hydrogen) atoms. The molecule has 0 atom stereocenters. The third-order valence-electron chi connectivity index (χ3n) is 4.89. The lowest BCUT2D eigenvalue weighted by molar-refractivity contribution is 0.628. The van der Waals surface area contributed by atoms with Crippen LogP contribution in [0.25, 0.3) is 0 Å². The zero-order valence-electron chi connectivity index (χ0n) is 16.2. The van der Waals surface area contributed by atoms with Crippen LogP contribution in [0.4, 0.5) is 27.5 Å². The number of benzene rings is 2. The van der Waals surface area contributed by atoms with Gasteiger partial charge in [0.05, 0.1) is 0 Å². The SMILES string of the molecule is Cc1cccc(N2CCN(c3cc(C)nc(Nc4cccc(F)c4)n3)CC2)c1. The molecule has 2 aromatic carbocycles. The van der Waals surface area contributed by atoms with Gasteiger partial charge in [0, 0.05) is 49.3 Å². The summed E-state index contributed by atoms with van der Waals surface area (Å²) in [5.41, 5.74) is 4.07. The van der Waals surface area contributed by atoms with Gasteiger partial charge < -0.3 is 15.1 Å². The number of halogens is 1. The van der Waals surface area contributed by atoms with E-state index in [0.717, 1.165) is 37.7 Å². The summed E-state index contributed by atoms with van der Waals surface area (Å²) in [5, 5.41) is 3.11. The predicted molar refractivity (Wildman–Crippen MR) is 112 cm³/mol. The molecule has 1 aliphatic rings. The molecule has 0 spiro atoms. The number of aromatic nitrogens is 2. The van der Waals surface area contributed by atoms with Crippen molar-refractivity contribution in [1.29, 1.82) is 0 Å². The monoisotopic (exact) mass is 377 g/mol. The molecule has 1 N–H and O–H groups in total. The number of piperazine rings is 1. The van der Waals surface area contributed by atoms with Gasteiger partial charge in [0.2, 0.25) is 5.95 Å². The lowest BCUT2D eigenvalue weighted by atomic mass is 10.2. The molecule has 0 amide bonds. The van der Waals surface area contributed by atoms with Crippen molar-refractivity contribution in [3.63, 3.8) is 0 Å². The summed E-state index contributed by atoms with van der Waals surface area (Å²) in [6, 6.07) is 16.9. The maximum Gasteiger partial charge on any atom is 0.229 e. The van der Waals surface area contributed by atoms with Crippen LogP contribution in [0.15, 0.2) is 54.6 Å². The molecule has 1 fully saturated rings. The summed E-state index contributed by atoms with van der Waals surface area (Å²) in [6.07, 6.45) is 0. The van der Waals surface area contributed by atoms with Crippen LogP contribution < -0.4 is 15.1 Å². The predicted octanol–water partition coefficient (Wildman–Crippen LogP) is 4.30. The van der Waals surface area contributed by atoms with Crippen molar-refractivity contribution in [2.24, 2.45) is 0 Å². The van der Waals surface area contributed by atoms with E-state index in [4.69, 9.17) is 0 Å². The highest BCUT2D eigenvalue weighted by molar-refractivity contribution is 5.56. The van der Waals surface area contributed by atoms with Crippen LogP contribution in [0.3, 0.4) is 0 Å². The fraction of sp³-hybridized carbons (Fsp3) is 0.273. The van der Waals surface area contributed by atoms with Crippen LogP contribution in [0.5, 0.6) is 0 Å². The minimum absolute atomic E-state index is 0.287. The number of anilines is 4. The highest BCUT2D eigenvalue weighted by atomic mass is 19.1. The molecule has 4 rings (SSSR count). The number of hydrogen-bond acceptors (Lipinski definition) is 5. The molecule has 2 heterocycles. The van der Waals surface area contributed by atoms with Crippen molar-refractivity contribution in [3.8, 4) is 0 Å². The number of nitrogens with one attached hydrogen (secondary N) is 1. The Morgan fingerprint density at radius 1 is 0.857 bits per heavy atom. The Labute approximate surface area is 164 Å². The van der Waals surface area contributed by atoms with Crippen LogP contribution >= 0.6 is 0 Å². The summed E-state index contributed by atoms with van der Waals surface area (Å²) in [7, 11) is 0. The van der Waals surface area contributed by atoms with Crippen molar-refractivity contribution in [2.75, 3.05) is 41.3 Å². The first-order chi connectivity index (χ1) is 13.6. The van der Waals surface area contributed by atoms with Gasteiger partial charge in [0.15, 0.2) is 0 Å². The van der Waals surface area contributed by atoms with Gasteiger partial charge >= 0.3 is 0 Å². The average molecular weight is 377 g/mol. The highest BCUT2D eigenvalue weighted by Gasteiger charge is 2.19. The van der Waals surface area contributed by atoms with E-state index in [1.54, 1.807) is 12.1 Å². The number of nitrogens with zero attached hydrogens (tertiary/aromatic N) is 4. The molecule has 0 bridgehead atoms. The van der Waals surface area contributed by atoms with Gasteiger partial charge in [0.1, 0.15) is 11.6 Å². The fourth-order valence-electron chi connectivity index (χ4n) is 3.48. The summed E-state index contributed by atoms with van der Waals surface area (Å²) in [6.45, 7) is 7.74. The van der Waals surface area contributed by atoms with E-state index in [-0.39, 0.29) is 5.82 Å². The smallest absolute Gasteiger partial charge is 0.229 e. The van der Waals surface area contributed by atoms with Crippen LogP contribution in [0, 0.1) is 19.7 Å². The van der Waals surface area contributed by atoms with Gasteiger partial charge in [-0.05, 0) is 49.7 Å². The van der Waals surface area contributed by atoms with E-state index in [2.05, 4.69) is 56.3 Å². The normalized spacial score (nSPS) is 14.2. The first kappa shape index (κ1) is 18.2. The van der Waals surface area contributed by atoms with Crippen molar-refractivity contribution in [1.82, 2.24) is 9.97 Å². The van der Waals surface area contributed by atoms with Crippen molar-refractivity contribution >= 4 is 23.1 Å². The van der Waals surface area contributed by atoms with Crippen molar-refractivity contribution < 1.29 is 4.39 Å². The van der Waals surface area contributed by atoms with Gasteiger partial charge in [-0.3, -0.25) is 0 Å². The Hall–Kier alpha value is -3.15. The first-order valence-electron chi connectivity index (χ1n) is 9.52. The second kappa shape index (κ2) is 7.84. The zero-order valence-corrected chi connectivity index (χ0v) is 16.2. The van der Waals surface area contributed by atoms with E-state index in [1.165, 1.54) is 23.4 Å².